The standard InChI is InChI=1S/C25H27N3O3S/c1-2-29-18-10-8-17(9-11-18)21-12-13-22(31-21)24-23(20-7-3-4-14-26-20)27-25(32)28(24)16-19-6-5-15-30-19/h3-4,7-14,19,23-24H,2,5-6,15-16H2,1H3,(H,27,32)/t19-,23-,24-/m1/s1. The third-order valence-corrected chi connectivity index (χ3v) is 6.34. The summed E-state index contributed by atoms with van der Waals surface area (Å²) in [6, 6.07) is 17.8. The maximum atomic E-state index is 6.40. The van der Waals surface area contributed by atoms with E-state index in [1.165, 1.54) is 0 Å². The number of furan rings is 1. The van der Waals surface area contributed by atoms with Gasteiger partial charge < -0.3 is 24.1 Å². The molecule has 32 heavy (non-hydrogen) atoms. The Bertz CT molecular complexity index is 1050. The lowest BCUT2D eigenvalue weighted by atomic mass is 10.0. The van der Waals surface area contributed by atoms with Crippen molar-refractivity contribution in [3.8, 4) is 17.1 Å². The van der Waals surface area contributed by atoms with Crippen molar-refractivity contribution < 1.29 is 13.9 Å². The van der Waals surface area contributed by atoms with E-state index in [4.69, 9.17) is 26.1 Å². The lowest BCUT2D eigenvalue weighted by Crippen LogP contribution is -2.36. The zero-order valence-electron chi connectivity index (χ0n) is 18.1. The maximum absolute atomic E-state index is 6.40. The van der Waals surface area contributed by atoms with Crippen molar-refractivity contribution in [2.45, 2.75) is 38.0 Å². The highest BCUT2D eigenvalue weighted by Gasteiger charge is 2.42. The van der Waals surface area contributed by atoms with Crippen molar-refractivity contribution in [2.75, 3.05) is 19.8 Å². The van der Waals surface area contributed by atoms with E-state index in [9.17, 15) is 0 Å². The first-order valence-electron chi connectivity index (χ1n) is 11.2. The smallest absolute Gasteiger partial charge is 0.170 e. The molecule has 166 valence electrons. The first kappa shape index (κ1) is 21.0. The summed E-state index contributed by atoms with van der Waals surface area (Å²) in [7, 11) is 0. The molecule has 0 bridgehead atoms. The van der Waals surface area contributed by atoms with Crippen molar-refractivity contribution in [2.24, 2.45) is 0 Å². The Hall–Kier alpha value is -2.90. The van der Waals surface area contributed by atoms with Crippen LogP contribution in [-0.2, 0) is 4.74 Å². The van der Waals surface area contributed by atoms with Gasteiger partial charge in [-0.3, -0.25) is 4.98 Å². The summed E-state index contributed by atoms with van der Waals surface area (Å²) in [4.78, 5) is 6.79. The maximum Gasteiger partial charge on any atom is 0.170 e. The number of nitrogens with one attached hydrogen (secondary N) is 1. The van der Waals surface area contributed by atoms with Crippen LogP contribution in [0.5, 0.6) is 5.75 Å². The fourth-order valence-electron chi connectivity index (χ4n) is 4.47. The molecule has 0 unspecified atom stereocenters. The average molecular weight is 450 g/mol. The molecule has 0 saturated carbocycles. The van der Waals surface area contributed by atoms with Crippen LogP contribution in [0.2, 0.25) is 0 Å². The molecule has 2 saturated heterocycles. The number of nitrogens with zero attached hydrogens (tertiary/aromatic N) is 2. The fourth-order valence-corrected chi connectivity index (χ4v) is 4.78. The Morgan fingerprint density at radius 1 is 1.16 bits per heavy atom. The van der Waals surface area contributed by atoms with Gasteiger partial charge >= 0.3 is 0 Å². The second-order valence-corrected chi connectivity index (χ2v) is 8.46. The summed E-state index contributed by atoms with van der Waals surface area (Å²) in [5, 5.41) is 4.18. The third kappa shape index (κ3) is 4.23. The number of benzene rings is 1. The van der Waals surface area contributed by atoms with Crippen LogP contribution in [-0.4, -0.2) is 40.9 Å². The highest BCUT2D eigenvalue weighted by molar-refractivity contribution is 7.80. The monoisotopic (exact) mass is 449 g/mol. The van der Waals surface area contributed by atoms with Gasteiger partial charge in [0.2, 0.25) is 0 Å². The second kappa shape index (κ2) is 9.30. The Balaban J connectivity index is 1.46. The van der Waals surface area contributed by atoms with Crippen LogP contribution in [0.15, 0.2) is 65.2 Å². The van der Waals surface area contributed by atoms with Gasteiger partial charge in [0.1, 0.15) is 23.3 Å². The molecule has 3 aromatic rings. The summed E-state index contributed by atoms with van der Waals surface area (Å²) in [5.41, 5.74) is 1.95. The summed E-state index contributed by atoms with van der Waals surface area (Å²) in [5.74, 6) is 2.53. The molecule has 0 aliphatic carbocycles. The Labute approximate surface area is 193 Å². The molecule has 1 N–H and O–H groups in total. The number of thiocarbonyl (C=S) groups is 1. The van der Waals surface area contributed by atoms with Crippen LogP contribution >= 0.6 is 12.2 Å². The molecule has 0 spiro atoms. The summed E-state index contributed by atoms with van der Waals surface area (Å²) >= 11 is 5.74. The van der Waals surface area contributed by atoms with Gasteiger partial charge in [-0.25, -0.2) is 0 Å². The molecule has 3 atom stereocenters. The molecule has 2 aromatic heterocycles. The van der Waals surface area contributed by atoms with Gasteiger partial charge in [0.05, 0.1) is 24.4 Å². The molecule has 5 rings (SSSR count). The average Bonchev–Trinajstić information content (AvgIpc) is 3.57. The first-order chi connectivity index (χ1) is 15.7. The molecule has 2 aliphatic heterocycles. The minimum Gasteiger partial charge on any atom is -0.494 e. The summed E-state index contributed by atoms with van der Waals surface area (Å²) in [6.07, 6.45) is 4.14. The Morgan fingerprint density at radius 2 is 2.03 bits per heavy atom. The normalized spacial score (nSPS) is 22.8. The number of hydrogen-bond acceptors (Lipinski definition) is 5. The molecule has 7 heteroatoms. The number of ether oxygens (including phenoxy) is 2. The van der Waals surface area contributed by atoms with Gasteiger partial charge in [-0.1, -0.05) is 6.07 Å². The largest absolute Gasteiger partial charge is 0.494 e. The van der Waals surface area contributed by atoms with E-state index in [2.05, 4.69) is 15.2 Å². The van der Waals surface area contributed by atoms with Crippen LogP contribution in [0.3, 0.4) is 0 Å². The summed E-state index contributed by atoms with van der Waals surface area (Å²) < 4.78 is 17.9. The minimum absolute atomic E-state index is 0.0931. The number of rotatable bonds is 7. The van der Waals surface area contributed by atoms with Crippen LogP contribution < -0.4 is 10.1 Å². The topological polar surface area (TPSA) is 59.8 Å². The summed E-state index contributed by atoms with van der Waals surface area (Å²) in [6.45, 7) is 4.18. The highest BCUT2D eigenvalue weighted by Crippen LogP contribution is 2.41. The molecular formula is C25H27N3O3S. The van der Waals surface area contributed by atoms with Gasteiger partial charge in [0.15, 0.2) is 5.11 Å². The number of aromatic nitrogens is 1. The Morgan fingerprint density at radius 3 is 2.75 bits per heavy atom. The SMILES string of the molecule is CCOc1ccc(-c2ccc([C@@H]3[C@@H](c4ccccn4)NC(=S)N3C[C@H]3CCCO3)o2)cc1. The predicted molar refractivity (Wildman–Crippen MR) is 126 cm³/mol. The van der Waals surface area contributed by atoms with Crippen LogP contribution in [0.1, 0.15) is 43.3 Å². The molecule has 6 nitrogen and oxygen atoms in total. The molecule has 0 amide bonds. The van der Waals surface area contributed by atoms with Crippen LogP contribution in [0.4, 0.5) is 0 Å². The molecule has 2 aliphatic rings. The fraction of sp³-hybridized carbons (Fsp3) is 0.360. The third-order valence-electron chi connectivity index (χ3n) is 5.99. The quantitative estimate of drug-likeness (QED) is 0.515. The van der Waals surface area contributed by atoms with E-state index in [0.717, 1.165) is 54.5 Å². The second-order valence-electron chi connectivity index (χ2n) is 8.07. The van der Waals surface area contributed by atoms with E-state index in [0.29, 0.717) is 11.7 Å². The van der Waals surface area contributed by atoms with Crippen LogP contribution in [0, 0.1) is 0 Å². The van der Waals surface area contributed by atoms with E-state index in [-0.39, 0.29) is 18.2 Å². The van der Waals surface area contributed by atoms with Crippen molar-refractivity contribution in [3.05, 3.63) is 72.2 Å². The van der Waals surface area contributed by atoms with Crippen molar-refractivity contribution in [1.29, 1.82) is 0 Å². The van der Waals surface area contributed by atoms with Gasteiger partial charge in [-0.2, -0.15) is 0 Å². The van der Waals surface area contributed by atoms with E-state index in [1.807, 2.05) is 67.7 Å². The zero-order chi connectivity index (χ0) is 21.9. The number of hydrogen-bond donors (Lipinski definition) is 1. The van der Waals surface area contributed by atoms with Gasteiger partial charge in [0, 0.05) is 24.9 Å². The highest BCUT2D eigenvalue weighted by atomic mass is 32.1. The molecule has 2 fully saturated rings. The number of pyridine rings is 1. The molecule has 1 aromatic carbocycles. The van der Waals surface area contributed by atoms with Gasteiger partial charge in [0.25, 0.3) is 0 Å². The van der Waals surface area contributed by atoms with E-state index < -0.39 is 0 Å². The first-order valence-corrected chi connectivity index (χ1v) is 11.6. The molecule has 0 radical (unpaired) electrons. The van der Waals surface area contributed by atoms with E-state index >= 15 is 0 Å². The van der Waals surface area contributed by atoms with Crippen molar-refractivity contribution in [1.82, 2.24) is 15.2 Å². The van der Waals surface area contributed by atoms with E-state index in [1.54, 1.807) is 0 Å². The molecular weight excluding hydrogens is 422 g/mol. The van der Waals surface area contributed by atoms with Crippen molar-refractivity contribution in [3.63, 3.8) is 0 Å². The van der Waals surface area contributed by atoms with Crippen molar-refractivity contribution >= 4 is 17.3 Å². The Kier molecular flexibility index (Phi) is 6.10. The van der Waals surface area contributed by atoms with Gasteiger partial charge in [-0.15, -0.1) is 0 Å². The lowest BCUT2D eigenvalue weighted by molar-refractivity contribution is 0.0818. The zero-order valence-corrected chi connectivity index (χ0v) is 18.9. The predicted octanol–water partition coefficient (Wildman–Crippen LogP) is 4.89. The minimum atomic E-state index is -0.0990. The van der Waals surface area contributed by atoms with Gasteiger partial charge in [-0.05, 0) is 80.5 Å². The van der Waals surface area contributed by atoms with Crippen LogP contribution in [0.25, 0.3) is 11.3 Å². The lowest BCUT2D eigenvalue weighted by Gasteiger charge is -2.28. The molecule has 4 heterocycles.